The molecule has 0 heterocycles. The number of amides is 1. The van der Waals surface area contributed by atoms with Crippen molar-refractivity contribution < 1.29 is 9.18 Å². The molecule has 1 aromatic rings. The molecule has 1 amide bonds. The van der Waals surface area contributed by atoms with E-state index in [0.29, 0.717) is 6.54 Å². The summed E-state index contributed by atoms with van der Waals surface area (Å²) in [6, 6.07) is 2.26. The van der Waals surface area contributed by atoms with Crippen molar-refractivity contribution in [3.63, 3.8) is 0 Å². The maximum absolute atomic E-state index is 13.2. The standard InChI is InChI=1S/C11H13Cl2FN2O/c1-15-3-2-4-16-11(17)7-5-10(14)9(13)6-8(7)12/h5-6,15H,2-4H2,1H3,(H,16,17). The Kier molecular flexibility index (Phi) is 5.68. The second kappa shape index (κ2) is 6.79. The highest BCUT2D eigenvalue weighted by Crippen LogP contribution is 2.24. The molecule has 0 fully saturated rings. The largest absolute Gasteiger partial charge is 0.352 e. The third-order valence-corrected chi connectivity index (χ3v) is 2.75. The van der Waals surface area contributed by atoms with Crippen molar-refractivity contribution in [3.05, 3.63) is 33.6 Å². The highest BCUT2D eigenvalue weighted by molar-refractivity contribution is 6.36. The van der Waals surface area contributed by atoms with Gasteiger partial charge in [-0.3, -0.25) is 4.79 Å². The maximum atomic E-state index is 13.2. The summed E-state index contributed by atoms with van der Waals surface area (Å²) in [6.07, 6.45) is 0.788. The topological polar surface area (TPSA) is 41.1 Å². The lowest BCUT2D eigenvalue weighted by Crippen LogP contribution is -2.26. The first-order valence-corrected chi connectivity index (χ1v) is 5.89. The molecule has 0 radical (unpaired) electrons. The van der Waals surface area contributed by atoms with E-state index < -0.39 is 11.7 Å². The molecule has 0 aliphatic carbocycles. The van der Waals surface area contributed by atoms with Gasteiger partial charge < -0.3 is 10.6 Å². The van der Waals surface area contributed by atoms with Gasteiger partial charge in [-0.05, 0) is 32.1 Å². The Balaban J connectivity index is 2.66. The summed E-state index contributed by atoms with van der Waals surface area (Å²) < 4.78 is 13.2. The van der Waals surface area contributed by atoms with E-state index in [-0.39, 0.29) is 15.6 Å². The highest BCUT2D eigenvalue weighted by atomic mass is 35.5. The molecule has 2 N–H and O–H groups in total. The summed E-state index contributed by atoms with van der Waals surface area (Å²) in [6.45, 7) is 1.29. The van der Waals surface area contributed by atoms with Crippen LogP contribution in [-0.4, -0.2) is 26.0 Å². The van der Waals surface area contributed by atoms with Crippen LogP contribution in [0.15, 0.2) is 12.1 Å². The van der Waals surface area contributed by atoms with Crippen molar-refractivity contribution in [2.24, 2.45) is 0 Å². The maximum Gasteiger partial charge on any atom is 0.252 e. The molecule has 0 unspecified atom stereocenters. The fraction of sp³-hybridized carbons (Fsp3) is 0.364. The van der Waals surface area contributed by atoms with Crippen LogP contribution in [0.5, 0.6) is 0 Å². The van der Waals surface area contributed by atoms with Gasteiger partial charge in [0, 0.05) is 6.54 Å². The average Bonchev–Trinajstić information content (AvgIpc) is 2.29. The van der Waals surface area contributed by atoms with Gasteiger partial charge in [-0.25, -0.2) is 4.39 Å². The first-order valence-electron chi connectivity index (χ1n) is 5.13. The van der Waals surface area contributed by atoms with Crippen LogP contribution in [0.2, 0.25) is 10.0 Å². The summed E-state index contributed by atoms with van der Waals surface area (Å²) >= 11 is 11.3. The van der Waals surface area contributed by atoms with Crippen LogP contribution in [0.3, 0.4) is 0 Å². The predicted molar refractivity (Wildman–Crippen MR) is 67.3 cm³/mol. The van der Waals surface area contributed by atoms with Gasteiger partial charge in [-0.15, -0.1) is 0 Å². The Morgan fingerprint density at radius 2 is 2.00 bits per heavy atom. The van der Waals surface area contributed by atoms with E-state index in [1.54, 1.807) is 0 Å². The van der Waals surface area contributed by atoms with Crippen molar-refractivity contribution in [3.8, 4) is 0 Å². The molecule has 0 saturated carbocycles. The number of carbonyl (C=O) groups is 1. The van der Waals surface area contributed by atoms with Gasteiger partial charge in [0.1, 0.15) is 5.82 Å². The normalized spacial score (nSPS) is 10.4. The van der Waals surface area contributed by atoms with E-state index in [9.17, 15) is 9.18 Å². The fourth-order valence-corrected chi connectivity index (χ4v) is 1.73. The number of halogens is 3. The monoisotopic (exact) mass is 278 g/mol. The SMILES string of the molecule is CNCCCNC(=O)c1cc(F)c(Cl)cc1Cl. The number of hydrogen-bond acceptors (Lipinski definition) is 2. The molecule has 0 spiro atoms. The number of rotatable bonds is 5. The van der Waals surface area contributed by atoms with Gasteiger partial charge in [-0.2, -0.15) is 0 Å². The Hall–Kier alpha value is -0.840. The van der Waals surface area contributed by atoms with Gasteiger partial charge in [0.2, 0.25) is 0 Å². The second-order valence-electron chi connectivity index (χ2n) is 3.46. The lowest BCUT2D eigenvalue weighted by molar-refractivity contribution is 0.0953. The number of carbonyl (C=O) groups excluding carboxylic acids is 1. The van der Waals surface area contributed by atoms with E-state index in [1.165, 1.54) is 6.07 Å². The molecule has 17 heavy (non-hydrogen) atoms. The van der Waals surface area contributed by atoms with Crippen LogP contribution < -0.4 is 10.6 Å². The molecule has 94 valence electrons. The zero-order valence-electron chi connectivity index (χ0n) is 9.32. The average molecular weight is 279 g/mol. The molecule has 0 aliphatic heterocycles. The first-order chi connectivity index (χ1) is 8.06. The minimum absolute atomic E-state index is 0.0954. The first kappa shape index (κ1) is 14.2. The second-order valence-corrected chi connectivity index (χ2v) is 4.27. The minimum Gasteiger partial charge on any atom is -0.352 e. The molecule has 1 rings (SSSR count). The highest BCUT2D eigenvalue weighted by Gasteiger charge is 2.13. The van der Waals surface area contributed by atoms with Gasteiger partial charge >= 0.3 is 0 Å². The number of benzene rings is 1. The van der Waals surface area contributed by atoms with Crippen LogP contribution in [0, 0.1) is 5.82 Å². The summed E-state index contributed by atoms with van der Waals surface area (Å²) in [5.74, 6) is -1.06. The van der Waals surface area contributed by atoms with Gasteiger partial charge in [0.25, 0.3) is 5.91 Å². The summed E-state index contributed by atoms with van der Waals surface area (Å²) in [7, 11) is 1.83. The molecular formula is C11H13Cl2FN2O. The minimum atomic E-state index is -0.656. The van der Waals surface area contributed by atoms with Crippen LogP contribution in [0.1, 0.15) is 16.8 Å². The molecule has 0 bridgehead atoms. The van der Waals surface area contributed by atoms with Crippen molar-refractivity contribution in [1.82, 2.24) is 10.6 Å². The quantitative estimate of drug-likeness (QED) is 0.642. The third kappa shape index (κ3) is 4.15. The summed E-state index contributed by atoms with van der Waals surface area (Å²) in [5.41, 5.74) is 0.0954. The lowest BCUT2D eigenvalue weighted by atomic mass is 10.2. The van der Waals surface area contributed by atoms with E-state index in [1.807, 2.05) is 7.05 Å². The van der Waals surface area contributed by atoms with Crippen LogP contribution in [0.25, 0.3) is 0 Å². The van der Waals surface area contributed by atoms with E-state index in [0.717, 1.165) is 19.0 Å². The smallest absolute Gasteiger partial charge is 0.252 e. The van der Waals surface area contributed by atoms with E-state index >= 15 is 0 Å². The Morgan fingerprint density at radius 3 is 2.65 bits per heavy atom. The van der Waals surface area contributed by atoms with Gasteiger partial charge in [-0.1, -0.05) is 23.2 Å². The predicted octanol–water partition coefficient (Wildman–Crippen LogP) is 2.47. The Labute approximate surface area is 109 Å². The van der Waals surface area contributed by atoms with Crippen LogP contribution in [0.4, 0.5) is 4.39 Å². The van der Waals surface area contributed by atoms with E-state index in [2.05, 4.69) is 10.6 Å². The number of nitrogens with one attached hydrogen (secondary N) is 2. The van der Waals surface area contributed by atoms with Gasteiger partial charge in [0.15, 0.2) is 0 Å². The van der Waals surface area contributed by atoms with E-state index in [4.69, 9.17) is 23.2 Å². The third-order valence-electron chi connectivity index (χ3n) is 2.14. The lowest BCUT2D eigenvalue weighted by Gasteiger charge is -2.07. The molecule has 0 aromatic heterocycles. The van der Waals surface area contributed by atoms with Crippen molar-refractivity contribution in [2.45, 2.75) is 6.42 Å². The zero-order chi connectivity index (χ0) is 12.8. The zero-order valence-corrected chi connectivity index (χ0v) is 10.8. The number of hydrogen-bond donors (Lipinski definition) is 2. The Morgan fingerprint density at radius 1 is 1.29 bits per heavy atom. The van der Waals surface area contributed by atoms with Gasteiger partial charge in [0.05, 0.1) is 15.6 Å². The molecule has 0 atom stereocenters. The molecule has 0 aliphatic rings. The summed E-state index contributed by atoms with van der Waals surface area (Å²) in [5, 5.41) is 5.65. The van der Waals surface area contributed by atoms with Crippen LogP contribution in [-0.2, 0) is 0 Å². The van der Waals surface area contributed by atoms with Crippen molar-refractivity contribution in [1.29, 1.82) is 0 Å². The summed E-state index contributed by atoms with van der Waals surface area (Å²) in [4.78, 5) is 11.7. The molecular weight excluding hydrogens is 266 g/mol. The molecule has 3 nitrogen and oxygen atoms in total. The van der Waals surface area contributed by atoms with Crippen LogP contribution >= 0.6 is 23.2 Å². The molecule has 0 saturated heterocycles. The fourth-order valence-electron chi connectivity index (χ4n) is 1.26. The molecule has 6 heteroatoms. The van der Waals surface area contributed by atoms with Crippen molar-refractivity contribution >= 4 is 29.1 Å². The Bertz CT molecular complexity index is 413. The molecule has 1 aromatic carbocycles. The van der Waals surface area contributed by atoms with Crippen molar-refractivity contribution in [2.75, 3.05) is 20.1 Å².